The van der Waals surface area contributed by atoms with Crippen molar-refractivity contribution in [1.82, 2.24) is 0 Å². The lowest BCUT2D eigenvalue weighted by Crippen LogP contribution is -2.15. The summed E-state index contributed by atoms with van der Waals surface area (Å²) in [7, 11) is 1.70. The molecule has 0 saturated heterocycles. The maximum absolute atomic E-state index is 8.62. The molecule has 0 amide bonds. The van der Waals surface area contributed by atoms with Crippen molar-refractivity contribution in [2.75, 3.05) is 19.0 Å². The Bertz CT molecular complexity index is 357. The molecule has 0 bridgehead atoms. The summed E-state index contributed by atoms with van der Waals surface area (Å²) < 4.78 is 5.07. The van der Waals surface area contributed by atoms with Gasteiger partial charge in [-0.3, -0.25) is 0 Å². The van der Waals surface area contributed by atoms with E-state index >= 15 is 0 Å². The number of nitriles is 1. The van der Waals surface area contributed by atoms with Crippen LogP contribution >= 0.6 is 0 Å². The SMILES string of the molecule is COCCc1ccccc1NC(C)CC#N. The highest BCUT2D eigenvalue weighted by atomic mass is 16.5. The molecular weight excluding hydrogens is 200 g/mol. The molecule has 0 aromatic heterocycles. The molecule has 86 valence electrons. The average Bonchev–Trinajstić information content (AvgIpc) is 2.28. The van der Waals surface area contributed by atoms with Crippen molar-refractivity contribution in [3.63, 3.8) is 0 Å². The van der Waals surface area contributed by atoms with Gasteiger partial charge in [-0.1, -0.05) is 18.2 Å². The number of methoxy groups -OCH3 is 1. The van der Waals surface area contributed by atoms with Crippen LogP contribution in [0.2, 0.25) is 0 Å². The Hall–Kier alpha value is -1.53. The Morgan fingerprint density at radius 3 is 2.88 bits per heavy atom. The number of hydrogen-bond donors (Lipinski definition) is 1. The lowest BCUT2D eigenvalue weighted by atomic mass is 10.1. The standard InChI is InChI=1S/C13H18N2O/c1-11(7-9-14)15-13-6-4-3-5-12(13)8-10-16-2/h3-6,11,15H,7-8,10H2,1-2H3. The number of ether oxygens (including phenoxy) is 1. The van der Waals surface area contributed by atoms with Crippen LogP contribution in [0, 0.1) is 11.3 Å². The van der Waals surface area contributed by atoms with Crippen molar-refractivity contribution < 1.29 is 4.74 Å². The molecule has 0 aliphatic carbocycles. The number of nitrogens with zero attached hydrogens (tertiary/aromatic N) is 1. The lowest BCUT2D eigenvalue weighted by Gasteiger charge is -2.15. The normalized spacial score (nSPS) is 11.8. The number of nitrogens with one attached hydrogen (secondary N) is 1. The third kappa shape index (κ3) is 3.92. The van der Waals surface area contributed by atoms with E-state index in [9.17, 15) is 0 Å². The van der Waals surface area contributed by atoms with Crippen molar-refractivity contribution in [3.8, 4) is 6.07 Å². The molecule has 0 spiro atoms. The summed E-state index contributed by atoms with van der Waals surface area (Å²) in [5.74, 6) is 0. The molecular formula is C13H18N2O. The van der Waals surface area contributed by atoms with Gasteiger partial charge >= 0.3 is 0 Å². The second-order valence-corrected chi connectivity index (χ2v) is 3.81. The van der Waals surface area contributed by atoms with Crippen LogP contribution in [0.15, 0.2) is 24.3 Å². The zero-order valence-corrected chi connectivity index (χ0v) is 9.86. The van der Waals surface area contributed by atoms with Crippen LogP contribution in [0.1, 0.15) is 18.9 Å². The van der Waals surface area contributed by atoms with Gasteiger partial charge in [-0.25, -0.2) is 0 Å². The van der Waals surface area contributed by atoms with Gasteiger partial charge in [0.1, 0.15) is 0 Å². The molecule has 0 saturated carbocycles. The highest BCUT2D eigenvalue weighted by Gasteiger charge is 2.05. The third-order valence-electron chi connectivity index (χ3n) is 2.39. The zero-order chi connectivity index (χ0) is 11.8. The van der Waals surface area contributed by atoms with E-state index in [0.29, 0.717) is 13.0 Å². The second kappa shape index (κ2) is 6.86. The van der Waals surface area contributed by atoms with Gasteiger partial charge in [-0.2, -0.15) is 5.26 Å². The highest BCUT2D eigenvalue weighted by molar-refractivity contribution is 5.51. The van der Waals surface area contributed by atoms with Crippen LogP contribution in [-0.2, 0) is 11.2 Å². The van der Waals surface area contributed by atoms with Crippen molar-refractivity contribution in [3.05, 3.63) is 29.8 Å². The van der Waals surface area contributed by atoms with E-state index < -0.39 is 0 Å². The second-order valence-electron chi connectivity index (χ2n) is 3.81. The summed E-state index contributed by atoms with van der Waals surface area (Å²) in [5.41, 5.74) is 2.33. The Balaban J connectivity index is 2.67. The van der Waals surface area contributed by atoms with Crippen molar-refractivity contribution >= 4 is 5.69 Å². The molecule has 1 atom stereocenters. The van der Waals surface area contributed by atoms with E-state index in [1.165, 1.54) is 5.56 Å². The monoisotopic (exact) mass is 218 g/mol. The fourth-order valence-electron chi connectivity index (χ4n) is 1.54. The Kier molecular flexibility index (Phi) is 5.38. The fourth-order valence-corrected chi connectivity index (χ4v) is 1.54. The topological polar surface area (TPSA) is 45.0 Å². The van der Waals surface area contributed by atoms with Gasteiger partial charge in [0.15, 0.2) is 0 Å². The summed E-state index contributed by atoms with van der Waals surface area (Å²) in [5, 5.41) is 12.0. The van der Waals surface area contributed by atoms with Gasteiger partial charge in [0.25, 0.3) is 0 Å². The first kappa shape index (κ1) is 12.5. The molecule has 0 aliphatic rings. The highest BCUT2D eigenvalue weighted by Crippen LogP contribution is 2.17. The number of benzene rings is 1. The molecule has 0 heterocycles. The van der Waals surface area contributed by atoms with Gasteiger partial charge in [-0.05, 0) is 25.0 Å². The van der Waals surface area contributed by atoms with E-state index in [0.717, 1.165) is 12.1 Å². The summed E-state index contributed by atoms with van der Waals surface area (Å²) >= 11 is 0. The van der Waals surface area contributed by atoms with Crippen LogP contribution in [-0.4, -0.2) is 19.8 Å². The van der Waals surface area contributed by atoms with Gasteiger partial charge in [0, 0.05) is 18.8 Å². The molecule has 3 heteroatoms. The number of anilines is 1. The first-order valence-electron chi connectivity index (χ1n) is 5.48. The Morgan fingerprint density at radius 2 is 2.19 bits per heavy atom. The van der Waals surface area contributed by atoms with Crippen molar-refractivity contribution in [2.45, 2.75) is 25.8 Å². The van der Waals surface area contributed by atoms with E-state index in [4.69, 9.17) is 10.00 Å². The minimum atomic E-state index is 0.175. The predicted octanol–water partition coefficient (Wildman–Crippen LogP) is 2.59. The minimum Gasteiger partial charge on any atom is -0.384 e. The molecule has 1 aromatic carbocycles. The summed E-state index contributed by atoms with van der Waals surface area (Å²) in [4.78, 5) is 0. The molecule has 0 aliphatic heterocycles. The first-order valence-corrected chi connectivity index (χ1v) is 5.48. The number of hydrogen-bond acceptors (Lipinski definition) is 3. The quantitative estimate of drug-likeness (QED) is 0.798. The summed E-state index contributed by atoms with van der Waals surface area (Å²) in [6, 6.07) is 10.5. The van der Waals surface area contributed by atoms with Crippen LogP contribution in [0.25, 0.3) is 0 Å². The maximum atomic E-state index is 8.62. The van der Waals surface area contributed by atoms with Gasteiger partial charge in [-0.15, -0.1) is 0 Å². The Morgan fingerprint density at radius 1 is 1.44 bits per heavy atom. The number of para-hydroxylation sites is 1. The van der Waals surface area contributed by atoms with Gasteiger partial charge < -0.3 is 10.1 Å². The molecule has 1 N–H and O–H groups in total. The first-order chi connectivity index (χ1) is 7.77. The summed E-state index contributed by atoms with van der Waals surface area (Å²) in [6.07, 6.45) is 1.40. The van der Waals surface area contributed by atoms with Gasteiger partial charge in [0.05, 0.1) is 19.1 Å². The average molecular weight is 218 g/mol. The predicted molar refractivity (Wildman–Crippen MR) is 65.3 cm³/mol. The van der Waals surface area contributed by atoms with Crippen molar-refractivity contribution in [1.29, 1.82) is 5.26 Å². The van der Waals surface area contributed by atoms with Crippen molar-refractivity contribution in [2.24, 2.45) is 0 Å². The lowest BCUT2D eigenvalue weighted by molar-refractivity contribution is 0.202. The maximum Gasteiger partial charge on any atom is 0.0643 e. The van der Waals surface area contributed by atoms with Crippen LogP contribution < -0.4 is 5.32 Å². The Labute approximate surface area is 97.0 Å². The number of rotatable bonds is 6. The minimum absolute atomic E-state index is 0.175. The van der Waals surface area contributed by atoms with Crippen LogP contribution in [0.5, 0.6) is 0 Å². The molecule has 16 heavy (non-hydrogen) atoms. The zero-order valence-electron chi connectivity index (χ0n) is 9.86. The molecule has 0 fully saturated rings. The summed E-state index contributed by atoms with van der Waals surface area (Å²) in [6.45, 7) is 2.72. The van der Waals surface area contributed by atoms with Crippen LogP contribution in [0.4, 0.5) is 5.69 Å². The van der Waals surface area contributed by atoms with E-state index in [-0.39, 0.29) is 6.04 Å². The largest absolute Gasteiger partial charge is 0.384 e. The molecule has 0 radical (unpaired) electrons. The third-order valence-corrected chi connectivity index (χ3v) is 2.39. The molecule has 1 rings (SSSR count). The molecule has 3 nitrogen and oxygen atoms in total. The van der Waals surface area contributed by atoms with E-state index in [2.05, 4.69) is 17.5 Å². The smallest absolute Gasteiger partial charge is 0.0643 e. The van der Waals surface area contributed by atoms with E-state index in [1.54, 1.807) is 7.11 Å². The fraction of sp³-hybridized carbons (Fsp3) is 0.462. The molecule has 1 aromatic rings. The van der Waals surface area contributed by atoms with E-state index in [1.807, 2.05) is 25.1 Å². The molecule has 1 unspecified atom stereocenters. The van der Waals surface area contributed by atoms with Crippen LogP contribution in [0.3, 0.4) is 0 Å². The van der Waals surface area contributed by atoms with Gasteiger partial charge in [0.2, 0.25) is 0 Å².